The second kappa shape index (κ2) is 7.25. The van der Waals surface area contributed by atoms with Crippen LogP contribution in [0.15, 0.2) is 71.1 Å². The lowest BCUT2D eigenvalue weighted by Crippen LogP contribution is -2.25. The monoisotopic (exact) mass is 378 g/mol. The lowest BCUT2D eigenvalue weighted by molar-refractivity contribution is -0.137. The molecule has 3 rings (SSSR count). The summed E-state index contributed by atoms with van der Waals surface area (Å²) in [5, 5.41) is 0.218. The van der Waals surface area contributed by atoms with Crippen LogP contribution in [0.2, 0.25) is 0 Å². The largest absolute Gasteiger partial charge is 0.441 e. The maximum Gasteiger partial charge on any atom is 0.441 e. The average molecular weight is 378 g/mol. The number of benzene rings is 2. The maximum atomic E-state index is 12.9. The molecule has 0 radical (unpaired) electrons. The molecule has 1 amide bonds. The Morgan fingerprint density at radius 1 is 1.15 bits per heavy atom. The first kappa shape index (κ1) is 18.1. The van der Waals surface area contributed by atoms with Gasteiger partial charge in [-0.05, 0) is 30.3 Å². The van der Waals surface area contributed by atoms with E-state index in [-0.39, 0.29) is 17.4 Å². The molecule has 2 aromatic rings. The molecule has 0 aliphatic carbocycles. The van der Waals surface area contributed by atoms with Crippen LogP contribution in [0, 0.1) is 0 Å². The van der Waals surface area contributed by atoms with Gasteiger partial charge in [0.2, 0.25) is 0 Å². The van der Waals surface area contributed by atoms with Crippen molar-refractivity contribution in [1.82, 2.24) is 0 Å². The first-order valence-corrected chi connectivity index (χ1v) is 8.30. The Morgan fingerprint density at radius 2 is 1.88 bits per heavy atom. The number of halogens is 3. The fourth-order valence-corrected chi connectivity index (χ4v) is 3.14. The van der Waals surface area contributed by atoms with E-state index in [1.54, 1.807) is 30.3 Å². The molecule has 0 atom stereocenters. The van der Waals surface area contributed by atoms with Crippen LogP contribution in [0.4, 0.5) is 23.7 Å². The zero-order valence-corrected chi connectivity index (χ0v) is 14.2. The Kier molecular flexibility index (Phi) is 5.03. The van der Waals surface area contributed by atoms with Crippen LogP contribution >= 0.6 is 11.8 Å². The molecule has 1 saturated heterocycles. The molecular weight excluding hydrogens is 365 g/mol. The third-order valence-corrected chi connectivity index (χ3v) is 4.33. The Bertz CT molecular complexity index is 866. The number of rotatable bonds is 2. The summed E-state index contributed by atoms with van der Waals surface area (Å²) >= 11 is 1.12. The van der Waals surface area contributed by atoms with Gasteiger partial charge in [0, 0.05) is 10.6 Å². The number of anilines is 1. The van der Waals surface area contributed by atoms with Crippen LogP contribution in [0.1, 0.15) is 5.56 Å². The Morgan fingerprint density at radius 3 is 2.58 bits per heavy atom. The lowest BCUT2D eigenvalue weighted by Gasteiger charge is -2.18. The van der Waals surface area contributed by atoms with Crippen LogP contribution in [-0.4, -0.2) is 17.8 Å². The molecule has 1 fully saturated rings. The van der Waals surface area contributed by atoms with Crippen molar-refractivity contribution in [3.63, 3.8) is 0 Å². The summed E-state index contributed by atoms with van der Waals surface area (Å²) in [5.74, 6) is 0.328. The summed E-state index contributed by atoms with van der Waals surface area (Å²) in [7, 11) is 0. The van der Waals surface area contributed by atoms with Gasteiger partial charge in [-0.3, -0.25) is 0 Å². The summed E-state index contributed by atoms with van der Waals surface area (Å²) in [4.78, 5) is 18.0. The van der Waals surface area contributed by atoms with Crippen molar-refractivity contribution in [1.29, 1.82) is 0 Å². The predicted molar refractivity (Wildman–Crippen MR) is 95.4 cm³/mol. The number of para-hydroxylation sites is 1. The topological polar surface area (TPSA) is 41.9 Å². The zero-order chi connectivity index (χ0) is 18.7. The van der Waals surface area contributed by atoms with Crippen molar-refractivity contribution in [2.75, 3.05) is 11.4 Å². The number of amides is 1. The second-order valence-corrected chi connectivity index (χ2v) is 6.50. The molecule has 1 aliphatic heterocycles. The number of carbonyl (C=O) groups excluding carboxylic acids is 1. The van der Waals surface area contributed by atoms with Gasteiger partial charge in [0.1, 0.15) is 5.75 Å². The van der Waals surface area contributed by atoms with E-state index >= 15 is 0 Å². The highest BCUT2D eigenvalue weighted by atomic mass is 32.2. The molecule has 1 aliphatic rings. The van der Waals surface area contributed by atoms with E-state index in [1.807, 2.05) is 0 Å². The number of alkyl halides is 3. The van der Waals surface area contributed by atoms with Gasteiger partial charge in [0.15, 0.2) is 5.17 Å². The zero-order valence-electron chi connectivity index (χ0n) is 13.4. The summed E-state index contributed by atoms with van der Waals surface area (Å²) < 4.78 is 43.9. The van der Waals surface area contributed by atoms with E-state index in [4.69, 9.17) is 4.74 Å². The Labute approximate surface area is 152 Å². The molecule has 0 aromatic heterocycles. The fraction of sp³-hybridized carbons (Fsp3) is 0.111. The van der Waals surface area contributed by atoms with Gasteiger partial charge in [0.25, 0.3) is 0 Å². The second-order valence-electron chi connectivity index (χ2n) is 5.35. The number of aliphatic imine (C=N–C) groups is 1. The van der Waals surface area contributed by atoms with E-state index in [9.17, 15) is 18.0 Å². The van der Waals surface area contributed by atoms with Gasteiger partial charge < -0.3 is 9.64 Å². The smallest absolute Gasteiger partial charge is 0.409 e. The molecule has 26 heavy (non-hydrogen) atoms. The predicted octanol–water partition coefficient (Wildman–Crippen LogP) is 5.33. The van der Waals surface area contributed by atoms with Gasteiger partial charge in [-0.2, -0.15) is 18.2 Å². The highest BCUT2D eigenvalue weighted by molar-refractivity contribution is 8.18. The van der Waals surface area contributed by atoms with Crippen molar-refractivity contribution in [3.8, 4) is 5.75 Å². The third-order valence-electron chi connectivity index (χ3n) is 3.42. The quantitative estimate of drug-likeness (QED) is 0.709. The molecule has 0 bridgehead atoms. The molecule has 0 N–H and O–H groups in total. The van der Waals surface area contributed by atoms with E-state index in [0.29, 0.717) is 10.7 Å². The summed E-state index contributed by atoms with van der Waals surface area (Å²) in [6, 6.07) is 13.2. The minimum atomic E-state index is -4.45. The maximum absolute atomic E-state index is 12.9. The SMILES string of the molecule is C=C1CN(c2cccc(C(F)(F)F)c2)/C(=N/C(=O)Oc2ccccc2)S1. The van der Waals surface area contributed by atoms with Gasteiger partial charge in [0.05, 0.1) is 12.1 Å². The minimum Gasteiger partial charge on any atom is -0.409 e. The summed E-state index contributed by atoms with van der Waals surface area (Å²) in [6.45, 7) is 4.06. The first-order chi connectivity index (χ1) is 12.3. The lowest BCUT2D eigenvalue weighted by atomic mass is 10.2. The van der Waals surface area contributed by atoms with Crippen molar-refractivity contribution in [2.24, 2.45) is 4.99 Å². The summed E-state index contributed by atoms with van der Waals surface area (Å²) in [6.07, 6.45) is -5.31. The molecule has 8 heteroatoms. The molecule has 0 unspecified atom stereocenters. The number of hydrogen-bond acceptors (Lipinski definition) is 3. The standard InChI is InChI=1S/C18H13F3N2O2S/c1-12-11-23(14-7-5-6-13(10-14)18(19,20)21)16(26-12)22-17(24)25-15-8-3-2-4-9-15/h2-10H,1,11H2/b22-16-. The van der Waals surface area contributed by atoms with Crippen LogP contribution in [0.25, 0.3) is 0 Å². The first-order valence-electron chi connectivity index (χ1n) is 7.49. The van der Waals surface area contributed by atoms with Crippen molar-refractivity contribution >= 4 is 28.7 Å². The van der Waals surface area contributed by atoms with Crippen molar-refractivity contribution in [2.45, 2.75) is 6.18 Å². The number of thioether (sulfide) groups is 1. The molecule has 1 heterocycles. The Balaban J connectivity index is 1.85. The van der Waals surface area contributed by atoms with Crippen molar-refractivity contribution < 1.29 is 22.7 Å². The number of ether oxygens (including phenoxy) is 1. The van der Waals surface area contributed by atoms with Crippen LogP contribution in [0.3, 0.4) is 0 Å². The fourth-order valence-electron chi connectivity index (χ4n) is 2.29. The number of amidine groups is 1. The molecule has 0 spiro atoms. The molecule has 134 valence electrons. The highest BCUT2D eigenvalue weighted by Crippen LogP contribution is 2.36. The number of nitrogens with zero attached hydrogens (tertiary/aromatic N) is 2. The van der Waals surface area contributed by atoms with E-state index in [1.165, 1.54) is 17.0 Å². The molecular formula is C18H13F3N2O2S. The van der Waals surface area contributed by atoms with Gasteiger partial charge >= 0.3 is 12.3 Å². The molecule has 0 saturated carbocycles. The van der Waals surface area contributed by atoms with E-state index in [0.717, 1.165) is 23.9 Å². The van der Waals surface area contributed by atoms with Gasteiger partial charge in [-0.25, -0.2) is 4.79 Å². The van der Waals surface area contributed by atoms with Gasteiger partial charge in [-0.15, -0.1) is 0 Å². The molecule has 4 nitrogen and oxygen atoms in total. The number of carbonyl (C=O) groups is 1. The summed E-state index contributed by atoms with van der Waals surface area (Å²) in [5.41, 5.74) is -0.499. The normalized spacial score (nSPS) is 16.2. The number of hydrogen-bond donors (Lipinski definition) is 0. The minimum absolute atomic E-state index is 0.218. The van der Waals surface area contributed by atoms with Crippen LogP contribution in [-0.2, 0) is 6.18 Å². The van der Waals surface area contributed by atoms with E-state index in [2.05, 4.69) is 11.6 Å². The third kappa shape index (κ3) is 4.26. The highest BCUT2D eigenvalue weighted by Gasteiger charge is 2.32. The Hall–Kier alpha value is -2.74. The molecule has 2 aromatic carbocycles. The van der Waals surface area contributed by atoms with Crippen molar-refractivity contribution in [3.05, 3.63) is 71.6 Å². The average Bonchev–Trinajstić information content (AvgIpc) is 2.95. The van der Waals surface area contributed by atoms with Crippen LogP contribution in [0.5, 0.6) is 5.75 Å². The van der Waals surface area contributed by atoms with Gasteiger partial charge in [-0.1, -0.05) is 42.6 Å². The van der Waals surface area contributed by atoms with Crippen LogP contribution < -0.4 is 9.64 Å². The van der Waals surface area contributed by atoms with E-state index < -0.39 is 17.8 Å².